The van der Waals surface area contributed by atoms with Gasteiger partial charge in [-0.25, -0.2) is 0 Å². The molecule has 1 fully saturated rings. The van der Waals surface area contributed by atoms with E-state index in [1.54, 1.807) is 12.1 Å². The maximum Gasteiger partial charge on any atom is 0.320 e. The number of benzene rings is 2. The summed E-state index contributed by atoms with van der Waals surface area (Å²) in [5.41, 5.74) is 2.66. The van der Waals surface area contributed by atoms with E-state index in [0.717, 1.165) is 28.5 Å². The molecular weight excluding hydrogens is 383 g/mol. The zero-order chi connectivity index (χ0) is 19.0. The van der Waals surface area contributed by atoms with Gasteiger partial charge in [-0.15, -0.1) is 0 Å². The second-order valence-corrected chi connectivity index (χ2v) is 7.61. The number of hydrogen-bond acceptors (Lipinski definition) is 3. The van der Waals surface area contributed by atoms with Gasteiger partial charge >= 0.3 is 5.97 Å². The van der Waals surface area contributed by atoms with E-state index in [1.165, 1.54) is 0 Å². The fourth-order valence-electron chi connectivity index (χ4n) is 3.87. The number of nitrogens with zero attached hydrogens (tertiary/aromatic N) is 2. The summed E-state index contributed by atoms with van der Waals surface area (Å²) in [6.45, 7) is 0.688. The largest absolute Gasteiger partial charge is 0.480 e. The SMILES string of the molecule is O=C(O)C1CCCN1C(c1cnc2ccccc2c1)c1ccc(Cl)cc1Cl. The highest BCUT2D eigenvalue weighted by molar-refractivity contribution is 6.35. The van der Waals surface area contributed by atoms with Crippen molar-refractivity contribution in [1.29, 1.82) is 0 Å². The number of pyridine rings is 1. The van der Waals surface area contributed by atoms with E-state index in [-0.39, 0.29) is 6.04 Å². The van der Waals surface area contributed by atoms with Crippen molar-refractivity contribution in [3.63, 3.8) is 0 Å². The Hall–Kier alpha value is -2.14. The molecule has 1 saturated heterocycles. The van der Waals surface area contributed by atoms with Crippen LogP contribution in [0.2, 0.25) is 10.0 Å². The van der Waals surface area contributed by atoms with Gasteiger partial charge in [0.25, 0.3) is 0 Å². The van der Waals surface area contributed by atoms with Crippen molar-refractivity contribution >= 4 is 40.1 Å². The predicted octanol–water partition coefficient (Wildman–Crippen LogP) is 5.18. The topological polar surface area (TPSA) is 53.4 Å². The van der Waals surface area contributed by atoms with Crippen LogP contribution in [0.1, 0.15) is 30.0 Å². The molecule has 0 radical (unpaired) electrons. The average molecular weight is 401 g/mol. The Balaban J connectivity index is 1.87. The maximum atomic E-state index is 11.8. The molecule has 3 aromatic rings. The zero-order valence-corrected chi connectivity index (χ0v) is 16.0. The number of rotatable bonds is 4. The second-order valence-electron chi connectivity index (χ2n) is 6.76. The number of carboxylic acids is 1. The number of carbonyl (C=O) groups is 1. The molecule has 0 bridgehead atoms. The standard InChI is InChI=1S/C21H18Cl2N2O2/c22-15-7-8-16(17(23)11-15)20(25-9-3-6-19(25)21(26)27)14-10-13-4-1-2-5-18(13)24-12-14/h1-2,4-5,7-8,10-12,19-20H,3,6,9H2,(H,26,27). The average Bonchev–Trinajstić information content (AvgIpc) is 3.13. The summed E-state index contributed by atoms with van der Waals surface area (Å²) >= 11 is 12.6. The zero-order valence-electron chi connectivity index (χ0n) is 14.5. The summed E-state index contributed by atoms with van der Waals surface area (Å²) in [5, 5.41) is 11.8. The molecule has 0 spiro atoms. The minimum atomic E-state index is -0.809. The van der Waals surface area contributed by atoms with Crippen molar-refractivity contribution in [2.24, 2.45) is 0 Å². The molecule has 2 aromatic carbocycles. The fourth-order valence-corrected chi connectivity index (χ4v) is 4.39. The molecule has 1 aliphatic heterocycles. The number of likely N-dealkylation sites (tertiary alicyclic amines) is 1. The van der Waals surface area contributed by atoms with Crippen LogP contribution in [0.5, 0.6) is 0 Å². The molecule has 0 amide bonds. The van der Waals surface area contributed by atoms with E-state index < -0.39 is 12.0 Å². The van der Waals surface area contributed by atoms with Crippen molar-refractivity contribution < 1.29 is 9.90 Å². The van der Waals surface area contributed by atoms with Crippen LogP contribution in [0.25, 0.3) is 10.9 Å². The number of halogens is 2. The quantitative estimate of drug-likeness (QED) is 0.655. The number of aliphatic carboxylic acids is 1. The summed E-state index contributed by atoms with van der Waals surface area (Å²) in [6, 6.07) is 14.5. The van der Waals surface area contributed by atoms with Gasteiger partial charge in [-0.3, -0.25) is 14.7 Å². The Labute approximate surface area is 167 Å². The van der Waals surface area contributed by atoms with Gasteiger partial charge in [0.2, 0.25) is 0 Å². The van der Waals surface area contributed by atoms with Crippen molar-refractivity contribution in [3.8, 4) is 0 Å². The lowest BCUT2D eigenvalue weighted by molar-refractivity contribution is -0.142. The molecule has 2 atom stereocenters. The summed E-state index contributed by atoms with van der Waals surface area (Å²) in [7, 11) is 0. The van der Waals surface area contributed by atoms with E-state index in [0.29, 0.717) is 23.0 Å². The van der Waals surface area contributed by atoms with Crippen molar-refractivity contribution in [2.45, 2.75) is 24.9 Å². The van der Waals surface area contributed by atoms with Crippen LogP contribution in [0.3, 0.4) is 0 Å². The van der Waals surface area contributed by atoms with Gasteiger partial charge in [-0.05, 0) is 48.2 Å². The van der Waals surface area contributed by atoms with Gasteiger partial charge in [-0.1, -0.05) is 47.5 Å². The molecule has 0 saturated carbocycles. The number of para-hydroxylation sites is 1. The van der Waals surface area contributed by atoms with Crippen molar-refractivity contribution in [3.05, 3.63) is 75.9 Å². The predicted molar refractivity (Wildman–Crippen MR) is 107 cm³/mol. The van der Waals surface area contributed by atoms with Crippen molar-refractivity contribution in [2.75, 3.05) is 6.54 Å². The fraction of sp³-hybridized carbons (Fsp3) is 0.238. The molecular formula is C21H18Cl2N2O2. The van der Waals surface area contributed by atoms with Crippen LogP contribution in [0.4, 0.5) is 0 Å². The first kappa shape index (κ1) is 18.2. The Morgan fingerprint density at radius 1 is 1.19 bits per heavy atom. The van der Waals surface area contributed by atoms with Crippen LogP contribution < -0.4 is 0 Å². The van der Waals surface area contributed by atoms with Gasteiger partial charge in [0, 0.05) is 28.2 Å². The number of hydrogen-bond donors (Lipinski definition) is 1. The number of carboxylic acid groups (broad SMARTS) is 1. The summed E-state index contributed by atoms with van der Waals surface area (Å²) in [6.07, 6.45) is 3.27. The molecule has 0 aliphatic carbocycles. The first-order chi connectivity index (χ1) is 13.0. The minimum absolute atomic E-state index is 0.296. The van der Waals surface area contributed by atoms with E-state index in [1.807, 2.05) is 41.4 Å². The Morgan fingerprint density at radius 2 is 2.00 bits per heavy atom. The smallest absolute Gasteiger partial charge is 0.320 e. The van der Waals surface area contributed by atoms with Crippen LogP contribution in [0, 0.1) is 0 Å². The number of fused-ring (bicyclic) bond motifs is 1. The monoisotopic (exact) mass is 400 g/mol. The minimum Gasteiger partial charge on any atom is -0.480 e. The van der Waals surface area contributed by atoms with E-state index in [2.05, 4.69) is 11.1 Å². The van der Waals surface area contributed by atoms with Gasteiger partial charge in [0.05, 0.1) is 11.6 Å². The van der Waals surface area contributed by atoms with Crippen LogP contribution in [-0.2, 0) is 4.79 Å². The van der Waals surface area contributed by atoms with Gasteiger partial charge in [0.1, 0.15) is 6.04 Å². The Morgan fingerprint density at radius 3 is 2.78 bits per heavy atom. The first-order valence-electron chi connectivity index (χ1n) is 8.83. The lowest BCUT2D eigenvalue weighted by atomic mass is 9.96. The van der Waals surface area contributed by atoms with Crippen LogP contribution in [0.15, 0.2) is 54.7 Å². The third kappa shape index (κ3) is 3.53. The Bertz CT molecular complexity index is 1010. The van der Waals surface area contributed by atoms with Crippen molar-refractivity contribution in [1.82, 2.24) is 9.88 Å². The maximum absolute atomic E-state index is 11.8. The van der Waals surface area contributed by atoms with Crippen LogP contribution >= 0.6 is 23.2 Å². The molecule has 27 heavy (non-hydrogen) atoms. The molecule has 1 aliphatic rings. The molecule has 1 aromatic heterocycles. The summed E-state index contributed by atoms with van der Waals surface area (Å²) < 4.78 is 0. The molecule has 138 valence electrons. The van der Waals surface area contributed by atoms with E-state index in [4.69, 9.17) is 23.2 Å². The molecule has 4 nitrogen and oxygen atoms in total. The third-order valence-electron chi connectivity index (χ3n) is 5.10. The molecule has 4 rings (SSSR count). The van der Waals surface area contributed by atoms with Gasteiger partial charge in [0.15, 0.2) is 0 Å². The first-order valence-corrected chi connectivity index (χ1v) is 9.58. The van der Waals surface area contributed by atoms with Gasteiger partial charge in [-0.2, -0.15) is 0 Å². The number of aromatic nitrogens is 1. The highest BCUT2D eigenvalue weighted by Crippen LogP contribution is 2.39. The Kier molecular flexibility index (Phi) is 5.04. The van der Waals surface area contributed by atoms with Gasteiger partial charge < -0.3 is 5.11 Å². The lowest BCUT2D eigenvalue weighted by Gasteiger charge is -2.32. The molecule has 6 heteroatoms. The molecule has 2 heterocycles. The molecule has 1 N–H and O–H groups in total. The second kappa shape index (κ2) is 7.47. The molecule has 2 unspecified atom stereocenters. The summed E-state index contributed by atoms with van der Waals surface area (Å²) in [4.78, 5) is 18.4. The van der Waals surface area contributed by atoms with Crippen LogP contribution in [-0.4, -0.2) is 33.5 Å². The third-order valence-corrected chi connectivity index (χ3v) is 5.66. The highest BCUT2D eigenvalue weighted by atomic mass is 35.5. The van der Waals surface area contributed by atoms with E-state index in [9.17, 15) is 9.90 Å². The normalized spacial score (nSPS) is 18.7. The highest BCUT2D eigenvalue weighted by Gasteiger charge is 2.37. The van der Waals surface area contributed by atoms with E-state index >= 15 is 0 Å². The summed E-state index contributed by atoms with van der Waals surface area (Å²) in [5.74, 6) is -0.809. The lowest BCUT2D eigenvalue weighted by Crippen LogP contribution is -2.39.